The summed E-state index contributed by atoms with van der Waals surface area (Å²) in [5.41, 5.74) is 8.12. The van der Waals surface area contributed by atoms with E-state index in [-0.39, 0.29) is 5.91 Å². The van der Waals surface area contributed by atoms with Crippen LogP contribution in [0.25, 0.3) is 0 Å². The predicted octanol–water partition coefficient (Wildman–Crippen LogP) is 2.18. The Kier molecular flexibility index (Phi) is 4.70. The Hall–Kier alpha value is -1.35. The van der Waals surface area contributed by atoms with E-state index in [1.165, 1.54) is 0 Å². The molecule has 1 rings (SSSR count). The van der Waals surface area contributed by atoms with Crippen molar-refractivity contribution in [3.63, 3.8) is 0 Å². The molecule has 0 spiro atoms. The highest BCUT2D eigenvalue weighted by Gasteiger charge is 2.07. The maximum Gasteiger partial charge on any atom is 0.248 e. The Balaban J connectivity index is 2.80. The van der Waals surface area contributed by atoms with Gasteiger partial charge in [-0.3, -0.25) is 4.79 Å². The van der Waals surface area contributed by atoms with Crippen molar-refractivity contribution >= 4 is 5.91 Å². The second kappa shape index (κ2) is 5.82. The van der Waals surface area contributed by atoms with E-state index in [0.29, 0.717) is 11.5 Å². The van der Waals surface area contributed by atoms with Crippen LogP contribution in [-0.2, 0) is 6.54 Å². The van der Waals surface area contributed by atoms with E-state index in [9.17, 15) is 4.79 Å². The number of rotatable bonds is 5. The van der Waals surface area contributed by atoms with Gasteiger partial charge in [-0.15, -0.1) is 0 Å². The fourth-order valence-corrected chi connectivity index (χ4v) is 2.10. The number of carbonyl (C=O) groups excluding carboxylic acids is 1. The van der Waals surface area contributed by atoms with Crippen molar-refractivity contribution in [2.24, 2.45) is 11.7 Å². The fourth-order valence-electron chi connectivity index (χ4n) is 2.10. The van der Waals surface area contributed by atoms with Crippen LogP contribution in [0.1, 0.15) is 35.3 Å². The molecule has 0 heterocycles. The van der Waals surface area contributed by atoms with Crippen LogP contribution in [0.4, 0.5) is 0 Å². The van der Waals surface area contributed by atoms with E-state index < -0.39 is 0 Å². The van der Waals surface area contributed by atoms with Crippen molar-refractivity contribution in [3.05, 3.63) is 34.9 Å². The van der Waals surface area contributed by atoms with Crippen LogP contribution >= 0.6 is 0 Å². The number of nitrogens with zero attached hydrogens (tertiary/aromatic N) is 1. The number of hydrogen-bond donors (Lipinski definition) is 1. The average molecular weight is 234 g/mol. The Labute approximate surface area is 104 Å². The van der Waals surface area contributed by atoms with Crippen molar-refractivity contribution in [2.45, 2.75) is 27.3 Å². The van der Waals surface area contributed by atoms with Crippen LogP contribution in [0.15, 0.2) is 18.2 Å². The minimum atomic E-state index is -0.360. The monoisotopic (exact) mass is 234 g/mol. The molecular formula is C14H22N2O. The Morgan fingerprint density at radius 1 is 1.35 bits per heavy atom. The summed E-state index contributed by atoms with van der Waals surface area (Å²) < 4.78 is 0. The van der Waals surface area contributed by atoms with Crippen molar-refractivity contribution in [1.29, 1.82) is 0 Å². The molecule has 0 aliphatic heterocycles. The molecule has 0 radical (unpaired) electrons. The lowest BCUT2D eigenvalue weighted by atomic mass is 10.1. The van der Waals surface area contributed by atoms with Gasteiger partial charge in [0.1, 0.15) is 0 Å². The Morgan fingerprint density at radius 2 is 2.00 bits per heavy atom. The Morgan fingerprint density at radius 3 is 2.53 bits per heavy atom. The molecule has 94 valence electrons. The number of hydrogen-bond acceptors (Lipinski definition) is 2. The van der Waals surface area contributed by atoms with Crippen LogP contribution in [-0.4, -0.2) is 24.4 Å². The quantitative estimate of drug-likeness (QED) is 0.848. The molecule has 17 heavy (non-hydrogen) atoms. The first kappa shape index (κ1) is 13.7. The molecule has 2 N–H and O–H groups in total. The summed E-state index contributed by atoms with van der Waals surface area (Å²) in [5, 5.41) is 0. The minimum Gasteiger partial charge on any atom is -0.366 e. The first-order valence-corrected chi connectivity index (χ1v) is 5.97. The van der Waals surface area contributed by atoms with Crippen LogP contribution < -0.4 is 5.73 Å². The molecule has 1 aromatic rings. The van der Waals surface area contributed by atoms with Gasteiger partial charge >= 0.3 is 0 Å². The van der Waals surface area contributed by atoms with E-state index in [0.717, 1.165) is 24.2 Å². The zero-order valence-corrected chi connectivity index (χ0v) is 11.2. The van der Waals surface area contributed by atoms with Crippen LogP contribution in [0.5, 0.6) is 0 Å². The lowest BCUT2D eigenvalue weighted by Gasteiger charge is -2.19. The van der Waals surface area contributed by atoms with Crippen molar-refractivity contribution < 1.29 is 4.79 Å². The highest BCUT2D eigenvalue weighted by atomic mass is 16.1. The van der Waals surface area contributed by atoms with Gasteiger partial charge < -0.3 is 10.6 Å². The summed E-state index contributed by atoms with van der Waals surface area (Å²) in [6.45, 7) is 8.27. The zero-order valence-electron chi connectivity index (χ0n) is 11.2. The third-order valence-corrected chi connectivity index (χ3v) is 2.55. The zero-order chi connectivity index (χ0) is 13.0. The van der Waals surface area contributed by atoms with Gasteiger partial charge in [-0.1, -0.05) is 25.5 Å². The Bertz CT molecular complexity index is 399. The molecule has 1 aromatic carbocycles. The van der Waals surface area contributed by atoms with Gasteiger partial charge in [0.2, 0.25) is 5.91 Å². The molecular weight excluding hydrogens is 212 g/mol. The standard InChI is InChI=1S/C14H22N2O/c1-10(2)8-16(4)9-12-5-11(3)6-13(7-12)14(15)17/h5-7,10H,8-9H2,1-4H3,(H2,15,17). The number of primary amides is 1. The third kappa shape index (κ3) is 4.57. The van der Waals surface area contributed by atoms with Gasteiger partial charge in [0, 0.05) is 18.7 Å². The summed E-state index contributed by atoms with van der Waals surface area (Å²) >= 11 is 0. The van der Waals surface area contributed by atoms with Gasteiger partial charge in [0.05, 0.1) is 0 Å². The average Bonchev–Trinajstić information content (AvgIpc) is 2.14. The van der Waals surface area contributed by atoms with Gasteiger partial charge in [-0.2, -0.15) is 0 Å². The lowest BCUT2D eigenvalue weighted by Crippen LogP contribution is -2.23. The van der Waals surface area contributed by atoms with E-state index in [2.05, 4.69) is 31.9 Å². The molecule has 0 saturated carbocycles. The van der Waals surface area contributed by atoms with Gasteiger partial charge in [-0.05, 0) is 37.6 Å². The highest BCUT2D eigenvalue weighted by molar-refractivity contribution is 5.93. The summed E-state index contributed by atoms with van der Waals surface area (Å²) in [6.07, 6.45) is 0. The topological polar surface area (TPSA) is 46.3 Å². The third-order valence-electron chi connectivity index (χ3n) is 2.55. The first-order valence-electron chi connectivity index (χ1n) is 5.97. The number of carbonyl (C=O) groups is 1. The second-order valence-electron chi connectivity index (χ2n) is 5.16. The van der Waals surface area contributed by atoms with Gasteiger partial charge in [0.15, 0.2) is 0 Å². The normalized spacial score (nSPS) is 11.2. The first-order chi connectivity index (χ1) is 7.88. The summed E-state index contributed by atoms with van der Waals surface area (Å²) in [6, 6.07) is 5.81. The molecule has 0 aromatic heterocycles. The smallest absolute Gasteiger partial charge is 0.248 e. The number of aryl methyl sites for hydroxylation is 1. The summed E-state index contributed by atoms with van der Waals surface area (Å²) in [7, 11) is 2.09. The largest absolute Gasteiger partial charge is 0.366 e. The van der Waals surface area contributed by atoms with Crippen LogP contribution in [0, 0.1) is 12.8 Å². The highest BCUT2D eigenvalue weighted by Crippen LogP contribution is 2.12. The van der Waals surface area contributed by atoms with Gasteiger partial charge in [-0.25, -0.2) is 0 Å². The number of nitrogens with two attached hydrogens (primary N) is 1. The van der Waals surface area contributed by atoms with E-state index in [4.69, 9.17) is 5.73 Å². The molecule has 0 unspecified atom stereocenters. The van der Waals surface area contributed by atoms with E-state index >= 15 is 0 Å². The van der Waals surface area contributed by atoms with Crippen molar-refractivity contribution in [1.82, 2.24) is 4.90 Å². The maximum absolute atomic E-state index is 11.2. The van der Waals surface area contributed by atoms with Crippen LogP contribution in [0.3, 0.4) is 0 Å². The molecule has 0 fully saturated rings. The molecule has 0 saturated heterocycles. The number of amides is 1. The van der Waals surface area contributed by atoms with E-state index in [1.807, 2.05) is 19.1 Å². The molecule has 3 heteroatoms. The van der Waals surface area contributed by atoms with Crippen molar-refractivity contribution in [2.75, 3.05) is 13.6 Å². The van der Waals surface area contributed by atoms with Crippen LogP contribution in [0.2, 0.25) is 0 Å². The fraction of sp³-hybridized carbons (Fsp3) is 0.500. The lowest BCUT2D eigenvalue weighted by molar-refractivity contribution is 0.1000. The van der Waals surface area contributed by atoms with Gasteiger partial charge in [0.25, 0.3) is 0 Å². The van der Waals surface area contributed by atoms with E-state index in [1.54, 1.807) is 0 Å². The summed E-state index contributed by atoms with van der Waals surface area (Å²) in [4.78, 5) is 13.4. The molecule has 3 nitrogen and oxygen atoms in total. The maximum atomic E-state index is 11.2. The molecule has 1 amide bonds. The molecule has 0 aliphatic carbocycles. The minimum absolute atomic E-state index is 0.360. The van der Waals surface area contributed by atoms with Crippen molar-refractivity contribution in [3.8, 4) is 0 Å². The summed E-state index contributed by atoms with van der Waals surface area (Å²) in [5.74, 6) is 0.280. The molecule has 0 aliphatic rings. The second-order valence-corrected chi connectivity index (χ2v) is 5.16. The molecule has 0 bridgehead atoms. The molecule has 0 atom stereocenters. The SMILES string of the molecule is Cc1cc(CN(C)CC(C)C)cc(C(N)=O)c1. The predicted molar refractivity (Wildman–Crippen MR) is 70.9 cm³/mol. The number of benzene rings is 1.